The molecule has 0 fully saturated rings. The van der Waals surface area contributed by atoms with Crippen LogP contribution in [-0.4, -0.2) is 17.2 Å². The van der Waals surface area contributed by atoms with Crippen LogP contribution < -0.4 is 4.74 Å². The lowest BCUT2D eigenvalue weighted by Gasteiger charge is -2.05. The van der Waals surface area contributed by atoms with Crippen molar-refractivity contribution in [3.05, 3.63) is 34.5 Å². The number of benzene rings is 1. The molecule has 1 aromatic rings. The lowest BCUT2D eigenvalue weighted by molar-refractivity contribution is -0.570. The van der Waals surface area contributed by atoms with Crippen molar-refractivity contribution in [2.75, 3.05) is 7.11 Å². The Bertz CT molecular complexity index is 350. The maximum absolute atomic E-state index is 10.7. The minimum atomic E-state index is 0.0291. The molecule has 0 spiro atoms. The number of ether oxygens (including phenoxy) is 1. The molecular formula is C9H12N2O3. The number of hydroxylamine groups is 1. The van der Waals surface area contributed by atoms with E-state index in [4.69, 9.17) is 9.94 Å². The average molecular weight is 196 g/mol. The smallest absolute Gasteiger partial charge is 0.209 e. The number of methoxy groups -OCH3 is 1. The van der Waals surface area contributed by atoms with Gasteiger partial charge in [-0.25, -0.2) is 0 Å². The Morgan fingerprint density at radius 3 is 2.79 bits per heavy atom. The summed E-state index contributed by atoms with van der Waals surface area (Å²) >= 11 is 0. The molecule has 0 saturated heterocycles. The number of hydrogen-bond acceptors (Lipinski definition) is 3. The Kier molecular flexibility index (Phi) is 3.28. The summed E-state index contributed by atoms with van der Waals surface area (Å²) in [5.41, 5.74) is 1.72. The van der Waals surface area contributed by atoms with Gasteiger partial charge in [0, 0.05) is 5.56 Å². The Morgan fingerprint density at radius 2 is 2.29 bits per heavy atom. The van der Waals surface area contributed by atoms with Crippen LogP contribution in [0.5, 0.6) is 5.75 Å². The van der Waals surface area contributed by atoms with Gasteiger partial charge in [-0.15, -0.1) is 0 Å². The van der Waals surface area contributed by atoms with Gasteiger partial charge in [-0.05, 0) is 30.7 Å². The van der Waals surface area contributed by atoms with Gasteiger partial charge in [0.1, 0.15) is 5.75 Å². The Morgan fingerprint density at radius 1 is 1.57 bits per heavy atom. The van der Waals surface area contributed by atoms with E-state index in [0.29, 0.717) is 0 Å². The number of rotatable bonds is 3. The van der Waals surface area contributed by atoms with Gasteiger partial charge in [-0.1, -0.05) is 4.86 Å². The van der Waals surface area contributed by atoms with Crippen LogP contribution in [0.3, 0.4) is 0 Å². The minimum absolute atomic E-state index is 0.0291. The Labute approximate surface area is 81.8 Å². The molecule has 5 heteroatoms. The summed E-state index contributed by atoms with van der Waals surface area (Å²) in [4.78, 5) is 0.210. The van der Waals surface area contributed by atoms with Gasteiger partial charge in [0.2, 0.25) is 6.54 Å². The number of hydrogen-bond donors (Lipinski definition) is 1. The molecule has 0 atom stereocenters. The van der Waals surface area contributed by atoms with Crippen LogP contribution in [0, 0.1) is 12.1 Å². The van der Waals surface area contributed by atoms with Crippen LogP contribution in [-0.2, 0) is 6.54 Å². The van der Waals surface area contributed by atoms with E-state index in [1.165, 1.54) is 0 Å². The lowest BCUT2D eigenvalue weighted by atomic mass is 10.1. The molecule has 5 nitrogen and oxygen atoms in total. The van der Waals surface area contributed by atoms with Crippen molar-refractivity contribution in [1.82, 2.24) is 0 Å². The van der Waals surface area contributed by atoms with Gasteiger partial charge in [-0.2, -0.15) is 0 Å². The van der Waals surface area contributed by atoms with E-state index in [1.807, 2.05) is 13.0 Å². The molecule has 0 bridgehead atoms. The molecule has 0 heterocycles. The monoisotopic (exact) mass is 196 g/mol. The van der Waals surface area contributed by atoms with Crippen molar-refractivity contribution < 1.29 is 14.8 Å². The van der Waals surface area contributed by atoms with Gasteiger partial charge in [-0.3, -0.25) is 0 Å². The summed E-state index contributed by atoms with van der Waals surface area (Å²) in [6.45, 7) is 1.91. The summed E-state index contributed by atoms with van der Waals surface area (Å²) in [7, 11) is 1.59. The van der Waals surface area contributed by atoms with E-state index in [-0.39, 0.29) is 11.4 Å². The highest BCUT2D eigenvalue weighted by atomic mass is 16.6. The first-order valence-electron chi connectivity index (χ1n) is 4.10. The molecule has 0 radical (unpaired) electrons. The second-order valence-corrected chi connectivity index (χ2v) is 2.90. The van der Waals surface area contributed by atoms with Crippen LogP contribution in [0.2, 0.25) is 0 Å². The average Bonchev–Trinajstić information content (AvgIpc) is 2.18. The van der Waals surface area contributed by atoms with Crippen molar-refractivity contribution in [3.63, 3.8) is 0 Å². The topological polar surface area (TPSA) is 67.9 Å². The zero-order valence-electron chi connectivity index (χ0n) is 8.10. The highest BCUT2D eigenvalue weighted by Crippen LogP contribution is 2.18. The number of aryl methyl sites for hydroxylation is 1. The van der Waals surface area contributed by atoms with Crippen LogP contribution in [0.15, 0.2) is 23.5 Å². The third kappa shape index (κ3) is 2.35. The van der Waals surface area contributed by atoms with E-state index < -0.39 is 0 Å². The fraction of sp³-hybridized carbons (Fsp3) is 0.333. The maximum Gasteiger partial charge on any atom is 0.209 e. The largest absolute Gasteiger partial charge is 0.597 e. The van der Waals surface area contributed by atoms with Gasteiger partial charge < -0.3 is 15.2 Å². The highest BCUT2D eigenvalue weighted by molar-refractivity contribution is 5.35. The van der Waals surface area contributed by atoms with Gasteiger partial charge in [0.05, 0.1) is 7.11 Å². The molecule has 0 aliphatic rings. The molecule has 1 N–H and O–H groups in total. The summed E-state index contributed by atoms with van der Waals surface area (Å²) in [5.74, 6) is 0.770. The molecule has 14 heavy (non-hydrogen) atoms. The Hall–Kier alpha value is -1.78. The number of nitrogens with zero attached hydrogens (tertiary/aromatic N) is 2. The van der Waals surface area contributed by atoms with Crippen molar-refractivity contribution in [3.8, 4) is 5.75 Å². The minimum Gasteiger partial charge on any atom is -0.597 e. The van der Waals surface area contributed by atoms with Crippen LogP contribution in [0.25, 0.3) is 0 Å². The molecule has 0 aromatic heterocycles. The van der Waals surface area contributed by atoms with Gasteiger partial charge in [0.15, 0.2) is 5.28 Å². The molecule has 0 saturated carbocycles. The molecule has 1 rings (SSSR count). The van der Waals surface area contributed by atoms with Crippen LogP contribution >= 0.6 is 0 Å². The van der Waals surface area contributed by atoms with Crippen LogP contribution in [0.1, 0.15) is 11.1 Å². The van der Waals surface area contributed by atoms with E-state index in [9.17, 15) is 5.21 Å². The normalized spacial score (nSPS) is 11.4. The predicted octanol–water partition coefficient (Wildman–Crippen LogP) is 1.86. The molecule has 1 aromatic carbocycles. The molecular weight excluding hydrogens is 184 g/mol. The van der Waals surface area contributed by atoms with E-state index in [0.717, 1.165) is 16.9 Å². The fourth-order valence-corrected chi connectivity index (χ4v) is 1.23. The molecule has 0 aliphatic heterocycles. The van der Waals surface area contributed by atoms with Gasteiger partial charge in [0.25, 0.3) is 0 Å². The molecule has 0 unspecified atom stereocenters. The summed E-state index contributed by atoms with van der Waals surface area (Å²) in [6, 6.07) is 5.34. The van der Waals surface area contributed by atoms with E-state index >= 15 is 0 Å². The van der Waals surface area contributed by atoms with E-state index in [1.54, 1.807) is 19.2 Å². The zero-order chi connectivity index (χ0) is 10.6. The lowest BCUT2D eigenvalue weighted by Crippen LogP contribution is -2.00. The molecule has 76 valence electrons. The SMILES string of the molecule is COc1ccc(C/[N+]([O-])=N/O)cc1C. The molecule has 0 aliphatic carbocycles. The quantitative estimate of drug-likeness (QED) is 0.455. The first-order valence-corrected chi connectivity index (χ1v) is 4.10. The second kappa shape index (κ2) is 4.45. The summed E-state index contributed by atoms with van der Waals surface area (Å²) in [5, 5.41) is 21.4. The third-order valence-electron chi connectivity index (χ3n) is 1.88. The van der Waals surface area contributed by atoms with Crippen molar-refractivity contribution in [2.24, 2.45) is 5.28 Å². The van der Waals surface area contributed by atoms with Crippen LogP contribution in [0.4, 0.5) is 0 Å². The standard InChI is InChI=1S/C9H12N2O3/c1-7-5-8(6-11(13)10-12)3-4-9(7)14-2/h3-5,12H,6H2,1-2H3/b11-10-. The second-order valence-electron chi connectivity index (χ2n) is 2.90. The van der Waals surface area contributed by atoms with Crippen molar-refractivity contribution >= 4 is 0 Å². The van der Waals surface area contributed by atoms with Crippen molar-refractivity contribution in [1.29, 1.82) is 0 Å². The maximum atomic E-state index is 10.7. The zero-order valence-corrected chi connectivity index (χ0v) is 8.10. The highest BCUT2D eigenvalue weighted by Gasteiger charge is 2.03. The molecule has 0 amide bonds. The summed E-state index contributed by atoms with van der Waals surface area (Å²) in [6.07, 6.45) is 0. The Balaban J connectivity index is 2.86. The van der Waals surface area contributed by atoms with Crippen molar-refractivity contribution in [2.45, 2.75) is 13.5 Å². The first kappa shape index (κ1) is 10.3. The van der Waals surface area contributed by atoms with Gasteiger partial charge >= 0.3 is 0 Å². The fourth-order valence-electron chi connectivity index (χ4n) is 1.23. The summed E-state index contributed by atoms with van der Waals surface area (Å²) < 4.78 is 5.07. The van der Waals surface area contributed by atoms with E-state index in [2.05, 4.69) is 5.28 Å². The first-order chi connectivity index (χ1) is 6.67. The predicted molar refractivity (Wildman–Crippen MR) is 49.3 cm³/mol. The third-order valence-corrected chi connectivity index (χ3v) is 1.88.